The zero-order chi connectivity index (χ0) is 20.8. The summed E-state index contributed by atoms with van der Waals surface area (Å²) in [6, 6.07) is 7.33. The summed E-state index contributed by atoms with van der Waals surface area (Å²) in [6.45, 7) is 8.95. The van der Waals surface area contributed by atoms with Crippen molar-refractivity contribution in [2.45, 2.75) is 12.8 Å². The SMILES string of the molecule is O=C(NCCN1CCCC1)c1cc(NCCN2CCOCC2)nc2ccc(Cl)cc12. The Balaban J connectivity index is 1.43. The molecule has 162 valence electrons. The van der Waals surface area contributed by atoms with E-state index in [4.69, 9.17) is 16.3 Å². The van der Waals surface area contributed by atoms with Crippen LogP contribution in [0.2, 0.25) is 5.02 Å². The standard InChI is InChI=1S/C22H30ClN5O2/c23-17-3-4-20-18(15-17)19(22(29)25-6-10-27-7-1-2-8-27)16-21(26-20)24-5-9-28-11-13-30-14-12-28/h3-4,15-16H,1-2,5-14H2,(H,24,26)(H,25,29). The second-order valence-electron chi connectivity index (χ2n) is 7.90. The molecule has 2 aliphatic rings. The summed E-state index contributed by atoms with van der Waals surface area (Å²) in [5.41, 5.74) is 1.37. The van der Waals surface area contributed by atoms with Crippen LogP contribution in [0.3, 0.4) is 0 Å². The summed E-state index contributed by atoms with van der Waals surface area (Å²) in [5.74, 6) is 0.628. The minimum Gasteiger partial charge on any atom is -0.379 e. The van der Waals surface area contributed by atoms with Crippen LogP contribution in [0.15, 0.2) is 24.3 Å². The number of halogens is 1. The van der Waals surface area contributed by atoms with Gasteiger partial charge in [0.15, 0.2) is 0 Å². The van der Waals surface area contributed by atoms with Gasteiger partial charge in [-0.1, -0.05) is 11.6 Å². The number of pyridine rings is 1. The molecule has 3 heterocycles. The molecular weight excluding hydrogens is 402 g/mol. The minimum atomic E-state index is -0.0832. The van der Waals surface area contributed by atoms with Gasteiger partial charge >= 0.3 is 0 Å². The van der Waals surface area contributed by atoms with E-state index in [0.717, 1.165) is 69.9 Å². The van der Waals surface area contributed by atoms with Crippen molar-refractivity contribution in [1.82, 2.24) is 20.1 Å². The highest BCUT2D eigenvalue weighted by atomic mass is 35.5. The van der Waals surface area contributed by atoms with Gasteiger partial charge in [-0.25, -0.2) is 4.98 Å². The first-order chi connectivity index (χ1) is 14.7. The van der Waals surface area contributed by atoms with E-state index in [-0.39, 0.29) is 5.91 Å². The van der Waals surface area contributed by atoms with Gasteiger partial charge in [0.25, 0.3) is 5.91 Å². The molecule has 0 aliphatic carbocycles. The molecule has 2 aliphatic heterocycles. The topological polar surface area (TPSA) is 69.7 Å². The molecule has 2 fully saturated rings. The quantitative estimate of drug-likeness (QED) is 0.669. The largest absolute Gasteiger partial charge is 0.379 e. The van der Waals surface area contributed by atoms with Crippen LogP contribution in [0.5, 0.6) is 0 Å². The van der Waals surface area contributed by atoms with Crippen molar-refractivity contribution in [3.05, 3.63) is 34.9 Å². The van der Waals surface area contributed by atoms with Crippen LogP contribution in [-0.4, -0.2) is 86.3 Å². The van der Waals surface area contributed by atoms with E-state index in [0.29, 0.717) is 22.9 Å². The van der Waals surface area contributed by atoms with Crippen LogP contribution in [0.25, 0.3) is 10.9 Å². The highest BCUT2D eigenvalue weighted by Gasteiger charge is 2.16. The van der Waals surface area contributed by atoms with Crippen molar-refractivity contribution in [2.24, 2.45) is 0 Å². The first-order valence-electron chi connectivity index (χ1n) is 10.8. The van der Waals surface area contributed by atoms with E-state index in [2.05, 4.69) is 25.4 Å². The third-order valence-electron chi connectivity index (χ3n) is 5.77. The van der Waals surface area contributed by atoms with E-state index in [9.17, 15) is 4.79 Å². The Morgan fingerprint density at radius 1 is 1.03 bits per heavy atom. The highest BCUT2D eigenvalue weighted by Crippen LogP contribution is 2.24. The van der Waals surface area contributed by atoms with Crippen molar-refractivity contribution in [3.63, 3.8) is 0 Å². The summed E-state index contributed by atoms with van der Waals surface area (Å²) in [6.07, 6.45) is 2.50. The van der Waals surface area contributed by atoms with Crippen molar-refractivity contribution in [2.75, 3.05) is 70.9 Å². The third kappa shape index (κ3) is 5.60. The van der Waals surface area contributed by atoms with E-state index in [1.807, 2.05) is 24.3 Å². The maximum Gasteiger partial charge on any atom is 0.252 e. The van der Waals surface area contributed by atoms with Gasteiger partial charge in [-0.15, -0.1) is 0 Å². The number of carbonyl (C=O) groups excluding carboxylic acids is 1. The Bertz CT molecular complexity index is 866. The van der Waals surface area contributed by atoms with Crippen LogP contribution >= 0.6 is 11.6 Å². The van der Waals surface area contributed by atoms with E-state index >= 15 is 0 Å². The zero-order valence-electron chi connectivity index (χ0n) is 17.3. The second kappa shape index (κ2) is 10.4. The number of rotatable bonds is 8. The van der Waals surface area contributed by atoms with Crippen LogP contribution in [0.4, 0.5) is 5.82 Å². The lowest BCUT2D eigenvalue weighted by Gasteiger charge is -2.26. The molecule has 7 nitrogen and oxygen atoms in total. The fourth-order valence-corrected chi connectivity index (χ4v) is 4.24. The minimum absolute atomic E-state index is 0.0832. The summed E-state index contributed by atoms with van der Waals surface area (Å²) < 4.78 is 5.40. The van der Waals surface area contributed by atoms with Crippen LogP contribution in [-0.2, 0) is 4.74 Å². The van der Waals surface area contributed by atoms with Crippen LogP contribution < -0.4 is 10.6 Å². The van der Waals surface area contributed by atoms with Gasteiger partial charge in [0.2, 0.25) is 0 Å². The molecule has 0 atom stereocenters. The van der Waals surface area contributed by atoms with Crippen LogP contribution in [0.1, 0.15) is 23.2 Å². The van der Waals surface area contributed by atoms with E-state index < -0.39 is 0 Å². The number of aromatic nitrogens is 1. The van der Waals surface area contributed by atoms with E-state index in [1.165, 1.54) is 12.8 Å². The maximum atomic E-state index is 13.0. The van der Waals surface area contributed by atoms with Gasteiger partial charge in [0, 0.05) is 49.7 Å². The zero-order valence-corrected chi connectivity index (χ0v) is 18.1. The number of ether oxygens (including phenoxy) is 1. The number of nitrogens with zero attached hydrogens (tertiary/aromatic N) is 3. The van der Waals surface area contributed by atoms with Gasteiger partial charge in [-0.3, -0.25) is 9.69 Å². The number of hydrogen-bond donors (Lipinski definition) is 2. The summed E-state index contributed by atoms with van der Waals surface area (Å²) >= 11 is 6.20. The molecule has 1 aromatic heterocycles. The molecule has 2 saturated heterocycles. The van der Waals surface area contributed by atoms with Crippen molar-refractivity contribution >= 4 is 34.2 Å². The Morgan fingerprint density at radius 2 is 1.77 bits per heavy atom. The van der Waals surface area contributed by atoms with Crippen LogP contribution in [0, 0.1) is 0 Å². The smallest absolute Gasteiger partial charge is 0.252 e. The molecule has 30 heavy (non-hydrogen) atoms. The Kier molecular flexibility index (Phi) is 7.38. The lowest BCUT2D eigenvalue weighted by Crippen LogP contribution is -2.39. The number of likely N-dealkylation sites (tertiary alicyclic amines) is 1. The number of carbonyl (C=O) groups is 1. The fourth-order valence-electron chi connectivity index (χ4n) is 4.07. The fraction of sp³-hybridized carbons (Fsp3) is 0.545. The molecule has 4 rings (SSSR count). The molecule has 0 bridgehead atoms. The van der Waals surface area contributed by atoms with Crippen molar-refractivity contribution < 1.29 is 9.53 Å². The number of anilines is 1. The average Bonchev–Trinajstić information content (AvgIpc) is 3.27. The third-order valence-corrected chi connectivity index (χ3v) is 6.00. The molecule has 0 unspecified atom stereocenters. The predicted molar refractivity (Wildman–Crippen MR) is 121 cm³/mol. The molecule has 1 aromatic carbocycles. The molecule has 1 amide bonds. The molecule has 2 N–H and O–H groups in total. The van der Waals surface area contributed by atoms with Gasteiger partial charge in [-0.05, 0) is 50.2 Å². The van der Waals surface area contributed by atoms with Gasteiger partial charge in [0.05, 0.1) is 24.3 Å². The summed E-state index contributed by atoms with van der Waals surface area (Å²) in [4.78, 5) is 22.4. The number of benzene rings is 1. The molecule has 0 radical (unpaired) electrons. The molecule has 0 spiro atoms. The molecule has 0 saturated carbocycles. The van der Waals surface area contributed by atoms with Crippen molar-refractivity contribution in [1.29, 1.82) is 0 Å². The van der Waals surface area contributed by atoms with Gasteiger partial charge < -0.3 is 20.3 Å². The van der Waals surface area contributed by atoms with Gasteiger partial charge in [0.1, 0.15) is 5.82 Å². The molecule has 2 aromatic rings. The Morgan fingerprint density at radius 3 is 2.57 bits per heavy atom. The Hall–Kier alpha value is -1.93. The van der Waals surface area contributed by atoms with Gasteiger partial charge in [-0.2, -0.15) is 0 Å². The molecule has 8 heteroatoms. The lowest BCUT2D eigenvalue weighted by molar-refractivity contribution is 0.0398. The average molecular weight is 432 g/mol. The number of morpholine rings is 1. The second-order valence-corrected chi connectivity index (χ2v) is 8.34. The number of amides is 1. The number of hydrogen-bond acceptors (Lipinski definition) is 6. The monoisotopic (exact) mass is 431 g/mol. The number of nitrogens with one attached hydrogen (secondary N) is 2. The Labute approximate surface area is 182 Å². The first-order valence-corrected chi connectivity index (χ1v) is 11.2. The molecular formula is C22H30ClN5O2. The normalized spacial score (nSPS) is 18.0. The van der Waals surface area contributed by atoms with Crippen molar-refractivity contribution in [3.8, 4) is 0 Å². The van der Waals surface area contributed by atoms with E-state index in [1.54, 1.807) is 0 Å². The lowest BCUT2D eigenvalue weighted by atomic mass is 10.1. The number of fused-ring (bicyclic) bond motifs is 1. The summed E-state index contributed by atoms with van der Waals surface area (Å²) in [5, 5.41) is 7.83. The predicted octanol–water partition coefficient (Wildman–Crippen LogP) is 2.46. The first kappa shape index (κ1) is 21.3. The highest BCUT2D eigenvalue weighted by molar-refractivity contribution is 6.31. The summed E-state index contributed by atoms with van der Waals surface area (Å²) in [7, 11) is 0. The maximum absolute atomic E-state index is 13.0.